The van der Waals surface area contributed by atoms with Gasteiger partial charge in [0.05, 0.1) is 22.9 Å². The Morgan fingerprint density at radius 1 is 1.23 bits per heavy atom. The van der Waals surface area contributed by atoms with Crippen molar-refractivity contribution in [3.05, 3.63) is 64.3 Å². The fourth-order valence-corrected chi connectivity index (χ4v) is 5.50. The molecule has 0 bridgehead atoms. The maximum Gasteiger partial charge on any atom is 0.240 e. The molecule has 0 saturated heterocycles. The third-order valence-electron chi connectivity index (χ3n) is 5.37. The zero-order chi connectivity index (χ0) is 21.5. The van der Waals surface area contributed by atoms with Gasteiger partial charge in [-0.1, -0.05) is 11.6 Å². The molecule has 156 valence electrons. The highest BCUT2D eigenvalue weighted by atomic mass is 35.5. The van der Waals surface area contributed by atoms with Crippen molar-refractivity contribution in [1.82, 2.24) is 9.29 Å². The van der Waals surface area contributed by atoms with E-state index in [1.165, 1.54) is 30.3 Å². The van der Waals surface area contributed by atoms with Crippen molar-refractivity contribution in [1.29, 1.82) is 5.26 Å². The third kappa shape index (κ3) is 3.81. The molecule has 5 nitrogen and oxygen atoms in total. The van der Waals surface area contributed by atoms with E-state index in [1.807, 2.05) is 0 Å². The van der Waals surface area contributed by atoms with E-state index in [1.54, 1.807) is 4.57 Å². The van der Waals surface area contributed by atoms with Crippen molar-refractivity contribution >= 4 is 32.5 Å². The number of rotatable bonds is 5. The highest BCUT2D eigenvalue weighted by Gasteiger charge is 2.30. The number of aromatic nitrogens is 1. The maximum atomic E-state index is 14.7. The lowest BCUT2D eigenvalue weighted by atomic mass is 9.92. The topological polar surface area (TPSA) is 74.9 Å². The number of nitrogens with one attached hydrogen (secondary N) is 1. The zero-order valence-electron chi connectivity index (χ0n) is 15.8. The molecule has 1 N–H and O–H groups in total. The standard InChI is InChI=1S/C21H18ClF2N3O2S/c22-13-2-5-16(6-3-13)30(28,29)26-15-4-7-19-17(12-15)21-18(24)10-14(23)11-20(21)27(19)9-1-8-25/h2-3,5-6,10-11,15,26H,1,4,7,9,12H2. The Kier molecular flexibility index (Phi) is 5.53. The molecule has 0 fully saturated rings. The number of hydrogen-bond donors (Lipinski definition) is 1. The molecule has 1 aromatic heterocycles. The van der Waals surface area contributed by atoms with Crippen molar-refractivity contribution in [3.63, 3.8) is 0 Å². The average molecular weight is 450 g/mol. The summed E-state index contributed by atoms with van der Waals surface area (Å²) in [5, 5.41) is 9.67. The van der Waals surface area contributed by atoms with E-state index in [4.69, 9.17) is 16.9 Å². The van der Waals surface area contributed by atoms with E-state index < -0.39 is 27.7 Å². The zero-order valence-corrected chi connectivity index (χ0v) is 17.4. The molecular formula is C21H18ClF2N3O2S. The van der Waals surface area contributed by atoms with Crippen LogP contribution in [-0.2, 0) is 29.4 Å². The van der Waals surface area contributed by atoms with Crippen LogP contribution in [0.25, 0.3) is 10.9 Å². The summed E-state index contributed by atoms with van der Waals surface area (Å²) in [4.78, 5) is 0.0994. The summed E-state index contributed by atoms with van der Waals surface area (Å²) in [6.45, 7) is 0.326. The molecule has 0 amide bonds. The van der Waals surface area contributed by atoms with Crippen molar-refractivity contribution in [3.8, 4) is 6.07 Å². The fraction of sp³-hybridized carbons (Fsp3) is 0.286. The second-order valence-electron chi connectivity index (χ2n) is 7.28. The van der Waals surface area contributed by atoms with Gasteiger partial charge in [0.15, 0.2) is 0 Å². The summed E-state index contributed by atoms with van der Waals surface area (Å²) in [5.41, 5.74) is 1.89. The van der Waals surface area contributed by atoms with Gasteiger partial charge in [0, 0.05) is 34.8 Å². The van der Waals surface area contributed by atoms with Crippen LogP contribution in [0, 0.1) is 23.0 Å². The van der Waals surface area contributed by atoms with E-state index in [0.717, 1.165) is 11.8 Å². The Labute approximate surface area is 177 Å². The Hall–Kier alpha value is -2.47. The number of fused-ring (bicyclic) bond motifs is 3. The Morgan fingerprint density at radius 2 is 1.97 bits per heavy atom. The van der Waals surface area contributed by atoms with Crippen molar-refractivity contribution in [2.45, 2.75) is 43.2 Å². The van der Waals surface area contributed by atoms with E-state index in [9.17, 15) is 17.2 Å². The Balaban J connectivity index is 1.70. The predicted molar refractivity (Wildman–Crippen MR) is 110 cm³/mol. The molecule has 4 rings (SSSR count). The SMILES string of the molecule is N#CCCn1c2c(c3c(F)cc(F)cc31)CC(NS(=O)(=O)c1ccc(Cl)cc1)CC2. The van der Waals surface area contributed by atoms with E-state index in [0.29, 0.717) is 40.9 Å². The second-order valence-corrected chi connectivity index (χ2v) is 9.43. The van der Waals surface area contributed by atoms with Crippen LogP contribution >= 0.6 is 11.6 Å². The summed E-state index contributed by atoms with van der Waals surface area (Å²) < 4.78 is 58.5. The molecule has 2 aromatic carbocycles. The number of halogens is 3. The summed E-state index contributed by atoms with van der Waals surface area (Å²) in [7, 11) is -3.77. The monoisotopic (exact) mass is 449 g/mol. The van der Waals surface area contributed by atoms with Crippen molar-refractivity contribution in [2.24, 2.45) is 0 Å². The first-order valence-corrected chi connectivity index (χ1v) is 11.3. The molecule has 9 heteroatoms. The number of benzene rings is 2. The lowest BCUT2D eigenvalue weighted by Crippen LogP contribution is -2.39. The fourth-order valence-electron chi connectivity index (χ4n) is 4.11. The molecule has 1 heterocycles. The number of nitriles is 1. The quantitative estimate of drug-likeness (QED) is 0.630. The van der Waals surface area contributed by atoms with Gasteiger partial charge in [-0.25, -0.2) is 21.9 Å². The van der Waals surface area contributed by atoms with Gasteiger partial charge < -0.3 is 4.57 Å². The number of aryl methyl sites for hydroxylation is 1. The third-order valence-corrected chi connectivity index (χ3v) is 7.16. The van der Waals surface area contributed by atoms with Gasteiger partial charge in [0.2, 0.25) is 10.0 Å². The smallest absolute Gasteiger partial charge is 0.240 e. The maximum absolute atomic E-state index is 14.7. The van der Waals surface area contributed by atoms with Crippen LogP contribution in [0.3, 0.4) is 0 Å². The van der Waals surface area contributed by atoms with E-state index in [2.05, 4.69) is 10.8 Å². The van der Waals surface area contributed by atoms with Crippen LogP contribution in [0.1, 0.15) is 24.1 Å². The first kappa shape index (κ1) is 20.8. The van der Waals surface area contributed by atoms with Gasteiger partial charge in [-0.05, 0) is 55.2 Å². The number of hydrogen-bond acceptors (Lipinski definition) is 3. The van der Waals surface area contributed by atoms with Crippen LogP contribution in [0.2, 0.25) is 5.02 Å². The Morgan fingerprint density at radius 3 is 2.67 bits per heavy atom. The average Bonchev–Trinajstić information content (AvgIpc) is 2.99. The molecule has 1 unspecified atom stereocenters. The lowest BCUT2D eigenvalue weighted by molar-refractivity contribution is 0.496. The normalized spacial score (nSPS) is 16.4. The molecule has 3 aromatic rings. The van der Waals surface area contributed by atoms with Gasteiger partial charge in [-0.3, -0.25) is 0 Å². The molecule has 1 aliphatic rings. The highest BCUT2D eigenvalue weighted by Crippen LogP contribution is 2.35. The molecule has 0 radical (unpaired) electrons. The van der Waals surface area contributed by atoms with Crippen LogP contribution in [0.5, 0.6) is 0 Å². The van der Waals surface area contributed by atoms with E-state index >= 15 is 0 Å². The minimum Gasteiger partial charge on any atom is -0.343 e. The first-order valence-electron chi connectivity index (χ1n) is 9.44. The van der Waals surface area contributed by atoms with Gasteiger partial charge >= 0.3 is 0 Å². The van der Waals surface area contributed by atoms with Crippen LogP contribution in [0.15, 0.2) is 41.3 Å². The highest BCUT2D eigenvalue weighted by molar-refractivity contribution is 7.89. The molecule has 0 aliphatic heterocycles. The van der Waals surface area contributed by atoms with Crippen molar-refractivity contribution in [2.75, 3.05) is 0 Å². The van der Waals surface area contributed by atoms with Gasteiger partial charge in [0.25, 0.3) is 0 Å². The summed E-state index contributed by atoms with van der Waals surface area (Å²) in [6, 6.07) is 9.58. The second kappa shape index (κ2) is 7.99. The molecule has 1 atom stereocenters. The molecule has 0 spiro atoms. The first-order chi connectivity index (χ1) is 14.3. The number of nitrogens with zero attached hydrogens (tertiary/aromatic N) is 2. The van der Waals surface area contributed by atoms with Crippen LogP contribution < -0.4 is 4.72 Å². The van der Waals surface area contributed by atoms with Gasteiger partial charge in [0.1, 0.15) is 11.6 Å². The van der Waals surface area contributed by atoms with Crippen LogP contribution in [-0.4, -0.2) is 19.0 Å². The number of sulfonamides is 1. The summed E-state index contributed by atoms with van der Waals surface area (Å²) in [5.74, 6) is -1.37. The minimum atomic E-state index is -3.77. The molecule has 30 heavy (non-hydrogen) atoms. The largest absolute Gasteiger partial charge is 0.343 e. The van der Waals surface area contributed by atoms with Crippen molar-refractivity contribution < 1.29 is 17.2 Å². The minimum absolute atomic E-state index is 0.0994. The lowest BCUT2D eigenvalue weighted by Gasteiger charge is -2.25. The molecular weight excluding hydrogens is 432 g/mol. The summed E-state index contributed by atoms with van der Waals surface area (Å²) >= 11 is 5.83. The summed E-state index contributed by atoms with van der Waals surface area (Å²) in [6.07, 6.45) is 1.48. The Bertz CT molecular complexity index is 1260. The van der Waals surface area contributed by atoms with Crippen LogP contribution in [0.4, 0.5) is 8.78 Å². The predicted octanol–water partition coefficient (Wildman–Crippen LogP) is 4.32. The van der Waals surface area contributed by atoms with Gasteiger partial charge in [-0.2, -0.15) is 5.26 Å². The van der Waals surface area contributed by atoms with E-state index in [-0.39, 0.29) is 17.7 Å². The van der Waals surface area contributed by atoms with Gasteiger partial charge in [-0.15, -0.1) is 0 Å². The molecule has 1 aliphatic carbocycles. The molecule has 0 saturated carbocycles.